The lowest BCUT2D eigenvalue weighted by atomic mass is 9.67. The van der Waals surface area contributed by atoms with Gasteiger partial charge in [0.2, 0.25) is 0 Å². The highest BCUT2D eigenvalue weighted by Crippen LogP contribution is 2.40. The maximum Gasteiger partial charge on any atom is 0.255 e. The van der Waals surface area contributed by atoms with E-state index in [1.54, 1.807) is 25.3 Å². The second-order valence-electron chi connectivity index (χ2n) is 6.53. The Kier molecular flexibility index (Phi) is 4.59. The molecule has 22 heavy (non-hydrogen) atoms. The maximum atomic E-state index is 12.7. The van der Waals surface area contributed by atoms with Crippen molar-refractivity contribution in [1.29, 1.82) is 0 Å². The summed E-state index contributed by atoms with van der Waals surface area (Å²) in [4.78, 5) is 12.7. The summed E-state index contributed by atoms with van der Waals surface area (Å²) in [6.07, 6.45) is 5.57. The monoisotopic (exact) mass is 322 g/mol. The number of hydrogen-bond donors (Lipinski definition) is 2. The molecule has 4 nitrogen and oxygen atoms in total. The van der Waals surface area contributed by atoms with Gasteiger partial charge in [-0.25, -0.2) is 0 Å². The summed E-state index contributed by atoms with van der Waals surface area (Å²) in [5, 5.41) is 3.77. The molecule has 1 aromatic rings. The lowest BCUT2D eigenvalue weighted by molar-refractivity contribution is 0.0753. The molecule has 2 bridgehead atoms. The van der Waals surface area contributed by atoms with Crippen molar-refractivity contribution in [3.05, 3.63) is 28.8 Å². The number of benzene rings is 1. The van der Waals surface area contributed by atoms with Crippen LogP contribution in [0.15, 0.2) is 18.2 Å². The highest BCUT2D eigenvalue weighted by Gasteiger charge is 2.40. The van der Waals surface area contributed by atoms with E-state index in [-0.39, 0.29) is 18.0 Å². The van der Waals surface area contributed by atoms with Gasteiger partial charge in [0.05, 0.1) is 12.7 Å². The van der Waals surface area contributed by atoms with E-state index >= 15 is 0 Å². The van der Waals surface area contributed by atoms with E-state index in [0.29, 0.717) is 28.2 Å². The lowest BCUT2D eigenvalue weighted by Gasteiger charge is -2.45. The first-order valence-corrected chi connectivity index (χ1v) is 8.36. The summed E-state index contributed by atoms with van der Waals surface area (Å²) in [7, 11) is 1.56. The smallest absolute Gasteiger partial charge is 0.255 e. The normalized spacial score (nSPS) is 30.7. The van der Waals surface area contributed by atoms with Gasteiger partial charge in [0, 0.05) is 17.1 Å². The fourth-order valence-electron chi connectivity index (χ4n) is 4.11. The van der Waals surface area contributed by atoms with Crippen LogP contribution in [0.5, 0.6) is 5.75 Å². The SMILES string of the molecule is COc1ccc(Cl)cc1C(=O)NC1C2CCCC1CC(N)C2. The number of fused-ring (bicyclic) bond motifs is 2. The van der Waals surface area contributed by atoms with Crippen molar-refractivity contribution < 1.29 is 9.53 Å². The molecule has 5 heteroatoms. The van der Waals surface area contributed by atoms with E-state index in [4.69, 9.17) is 22.1 Å². The van der Waals surface area contributed by atoms with Gasteiger partial charge in [-0.3, -0.25) is 4.79 Å². The van der Waals surface area contributed by atoms with Crippen molar-refractivity contribution in [3.8, 4) is 5.75 Å². The zero-order chi connectivity index (χ0) is 15.7. The maximum absolute atomic E-state index is 12.7. The average Bonchev–Trinajstić information content (AvgIpc) is 2.48. The van der Waals surface area contributed by atoms with Crippen molar-refractivity contribution in [3.63, 3.8) is 0 Å². The van der Waals surface area contributed by atoms with E-state index < -0.39 is 0 Å². The molecule has 2 aliphatic carbocycles. The minimum absolute atomic E-state index is 0.100. The van der Waals surface area contributed by atoms with Gasteiger partial charge in [-0.1, -0.05) is 18.0 Å². The topological polar surface area (TPSA) is 64.3 Å². The molecule has 2 atom stereocenters. The number of rotatable bonds is 3. The van der Waals surface area contributed by atoms with Crippen molar-refractivity contribution >= 4 is 17.5 Å². The molecule has 0 spiro atoms. The first-order valence-electron chi connectivity index (χ1n) is 7.98. The van der Waals surface area contributed by atoms with Crippen LogP contribution in [0, 0.1) is 11.8 Å². The number of amides is 1. The minimum Gasteiger partial charge on any atom is -0.496 e. The molecule has 0 aliphatic heterocycles. The minimum atomic E-state index is -0.100. The molecule has 2 unspecified atom stereocenters. The van der Waals surface area contributed by atoms with Crippen LogP contribution in [0.25, 0.3) is 0 Å². The van der Waals surface area contributed by atoms with Crippen LogP contribution in [0.3, 0.4) is 0 Å². The Hall–Kier alpha value is -1.26. The van der Waals surface area contributed by atoms with Crippen LogP contribution in [0.1, 0.15) is 42.5 Å². The summed E-state index contributed by atoms with van der Waals surface area (Å²) in [6.45, 7) is 0. The summed E-state index contributed by atoms with van der Waals surface area (Å²) >= 11 is 6.02. The van der Waals surface area contributed by atoms with E-state index in [1.165, 1.54) is 6.42 Å². The van der Waals surface area contributed by atoms with Crippen molar-refractivity contribution in [2.24, 2.45) is 17.6 Å². The largest absolute Gasteiger partial charge is 0.496 e. The van der Waals surface area contributed by atoms with Crippen molar-refractivity contribution in [2.45, 2.75) is 44.2 Å². The molecule has 120 valence electrons. The Labute approximate surface area is 136 Å². The quantitative estimate of drug-likeness (QED) is 0.899. The second kappa shape index (κ2) is 6.47. The van der Waals surface area contributed by atoms with Crippen molar-refractivity contribution in [1.82, 2.24) is 5.32 Å². The fraction of sp³-hybridized carbons (Fsp3) is 0.588. The molecule has 0 aromatic heterocycles. The summed E-state index contributed by atoms with van der Waals surface area (Å²) < 4.78 is 5.28. The van der Waals surface area contributed by atoms with Crippen LogP contribution < -0.4 is 15.8 Å². The number of carbonyl (C=O) groups is 1. The van der Waals surface area contributed by atoms with Gasteiger partial charge in [0.15, 0.2) is 0 Å². The Balaban J connectivity index is 1.78. The molecule has 2 fully saturated rings. The Bertz CT molecular complexity index is 550. The van der Waals surface area contributed by atoms with E-state index in [2.05, 4.69) is 5.32 Å². The van der Waals surface area contributed by atoms with Crippen LogP contribution in [-0.4, -0.2) is 25.1 Å². The van der Waals surface area contributed by atoms with E-state index in [1.807, 2.05) is 0 Å². The number of halogens is 1. The number of hydrogen-bond acceptors (Lipinski definition) is 3. The number of ether oxygens (including phenoxy) is 1. The van der Waals surface area contributed by atoms with Crippen LogP contribution in [0.4, 0.5) is 0 Å². The summed E-state index contributed by atoms with van der Waals surface area (Å²) in [5.41, 5.74) is 6.65. The third kappa shape index (κ3) is 3.08. The second-order valence-corrected chi connectivity index (χ2v) is 6.96. The zero-order valence-electron chi connectivity index (χ0n) is 12.8. The predicted molar refractivity (Wildman–Crippen MR) is 87.3 cm³/mol. The molecule has 1 aromatic carbocycles. The molecule has 3 N–H and O–H groups in total. The Morgan fingerprint density at radius 2 is 2.00 bits per heavy atom. The zero-order valence-corrected chi connectivity index (χ0v) is 13.6. The standard InChI is InChI=1S/C17H23ClN2O2/c1-22-15-6-5-12(18)9-14(15)17(21)20-16-10-3-2-4-11(16)8-13(19)7-10/h5-6,9-11,13,16H,2-4,7-8,19H2,1H3,(H,20,21). The first kappa shape index (κ1) is 15.6. The van der Waals surface area contributed by atoms with E-state index in [9.17, 15) is 4.79 Å². The molecule has 2 aliphatic rings. The van der Waals surface area contributed by atoms with Gasteiger partial charge in [-0.15, -0.1) is 0 Å². The number of carbonyl (C=O) groups excluding carboxylic acids is 1. The molecule has 3 rings (SSSR count). The molecular formula is C17H23ClN2O2. The molecule has 0 saturated heterocycles. The third-order valence-electron chi connectivity index (χ3n) is 5.08. The average molecular weight is 323 g/mol. The van der Waals surface area contributed by atoms with E-state index in [0.717, 1.165) is 25.7 Å². The van der Waals surface area contributed by atoms with Gasteiger partial charge < -0.3 is 15.8 Å². The number of nitrogens with two attached hydrogens (primary N) is 1. The van der Waals surface area contributed by atoms with Crippen LogP contribution in [0.2, 0.25) is 5.02 Å². The van der Waals surface area contributed by atoms with Gasteiger partial charge in [0.1, 0.15) is 5.75 Å². The highest BCUT2D eigenvalue weighted by atomic mass is 35.5. The first-order chi connectivity index (χ1) is 10.6. The van der Waals surface area contributed by atoms with Gasteiger partial charge in [0.25, 0.3) is 5.91 Å². The van der Waals surface area contributed by atoms with Crippen molar-refractivity contribution in [2.75, 3.05) is 7.11 Å². The lowest BCUT2D eigenvalue weighted by Crippen LogP contribution is -2.53. The summed E-state index contributed by atoms with van der Waals surface area (Å²) in [5.74, 6) is 1.45. The molecule has 0 radical (unpaired) electrons. The van der Waals surface area contributed by atoms with Crippen LogP contribution >= 0.6 is 11.6 Å². The Morgan fingerprint density at radius 3 is 2.64 bits per heavy atom. The third-order valence-corrected chi connectivity index (χ3v) is 5.32. The Morgan fingerprint density at radius 1 is 1.32 bits per heavy atom. The van der Waals surface area contributed by atoms with Gasteiger partial charge in [-0.05, 0) is 55.7 Å². The van der Waals surface area contributed by atoms with Crippen LogP contribution in [-0.2, 0) is 0 Å². The molecular weight excluding hydrogens is 300 g/mol. The number of methoxy groups -OCH3 is 1. The summed E-state index contributed by atoms with van der Waals surface area (Å²) in [6, 6.07) is 5.63. The highest BCUT2D eigenvalue weighted by molar-refractivity contribution is 6.31. The predicted octanol–water partition coefficient (Wildman–Crippen LogP) is 2.98. The molecule has 0 heterocycles. The van der Waals surface area contributed by atoms with Gasteiger partial charge in [-0.2, -0.15) is 0 Å². The fourth-order valence-corrected chi connectivity index (χ4v) is 4.28. The van der Waals surface area contributed by atoms with Gasteiger partial charge >= 0.3 is 0 Å². The molecule has 2 saturated carbocycles. The number of nitrogens with one attached hydrogen (secondary N) is 1. The molecule has 1 amide bonds.